The summed E-state index contributed by atoms with van der Waals surface area (Å²) in [6, 6.07) is 11.7. The van der Waals surface area contributed by atoms with E-state index in [4.69, 9.17) is 9.26 Å². The lowest BCUT2D eigenvalue weighted by Crippen LogP contribution is -2.15. The normalized spacial score (nSPS) is 11.3. The van der Waals surface area contributed by atoms with Gasteiger partial charge in [0.25, 0.3) is 10.0 Å². The van der Waals surface area contributed by atoms with Crippen LogP contribution in [0.2, 0.25) is 0 Å². The van der Waals surface area contributed by atoms with Gasteiger partial charge in [0.05, 0.1) is 18.5 Å². The summed E-state index contributed by atoms with van der Waals surface area (Å²) in [5.41, 5.74) is 1.03. The molecule has 0 spiro atoms. The third-order valence-corrected chi connectivity index (χ3v) is 4.87. The highest BCUT2D eigenvalue weighted by Crippen LogP contribution is 2.31. The molecule has 1 aromatic heterocycles. The van der Waals surface area contributed by atoms with Gasteiger partial charge in [-0.05, 0) is 37.3 Å². The van der Waals surface area contributed by atoms with Gasteiger partial charge in [-0.1, -0.05) is 17.3 Å². The van der Waals surface area contributed by atoms with E-state index < -0.39 is 15.8 Å². The molecule has 0 aliphatic carbocycles. The topological polar surface area (TPSA) is 81.4 Å². The van der Waals surface area contributed by atoms with Gasteiger partial charge in [0, 0.05) is 11.6 Å². The van der Waals surface area contributed by atoms with Crippen LogP contribution in [0, 0.1) is 12.7 Å². The summed E-state index contributed by atoms with van der Waals surface area (Å²) >= 11 is 0. The molecule has 130 valence electrons. The average molecular weight is 362 g/mol. The van der Waals surface area contributed by atoms with Crippen molar-refractivity contribution in [3.05, 3.63) is 60.0 Å². The number of hydrogen-bond donors (Lipinski definition) is 1. The number of para-hydroxylation sites is 1. The first kappa shape index (κ1) is 17.0. The number of ether oxygens (including phenoxy) is 1. The van der Waals surface area contributed by atoms with Crippen LogP contribution >= 0.6 is 0 Å². The Morgan fingerprint density at radius 2 is 1.92 bits per heavy atom. The van der Waals surface area contributed by atoms with Crippen molar-refractivity contribution in [2.45, 2.75) is 11.8 Å². The van der Waals surface area contributed by atoms with Gasteiger partial charge in [-0.15, -0.1) is 0 Å². The monoisotopic (exact) mass is 362 g/mol. The number of nitrogens with zero attached hydrogens (tertiary/aromatic N) is 1. The molecule has 0 atom stereocenters. The van der Waals surface area contributed by atoms with Crippen molar-refractivity contribution in [2.24, 2.45) is 0 Å². The molecule has 0 saturated heterocycles. The fraction of sp³-hybridized carbons (Fsp3) is 0.118. The first-order valence-corrected chi connectivity index (χ1v) is 8.78. The minimum atomic E-state index is -4.08. The van der Waals surface area contributed by atoms with Gasteiger partial charge in [-0.25, -0.2) is 12.8 Å². The maximum Gasteiger partial charge on any atom is 0.265 e. The van der Waals surface area contributed by atoms with Crippen molar-refractivity contribution in [3.8, 4) is 17.1 Å². The minimum absolute atomic E-state index is 0.129. The van der Waals surface area contributed by atoms with Gasteiger partial charge >= 0.3 is 0 Å². The van der Waals surface area contributed by atoms with E-state index in [1.54, 1.807) is 19.1 Å². The Hall–Kier alpha value is -2.87. The molecule has 0 aliphatic heterocycles. The van der Waals surface area contributed by atoms with Crippen LogP contribution in [-0.2, 0) is 10.0 Å². The van der Waals surface area contributed by atoms with Crippen LogP contribution in [0.5, 0.6) is 5.75 Å². The second kappa shape index (κ2) is 6.56. The molecule has 0 saturated carbocycles. The molecule has 1 heterocycles. The Labute approximate surface area is 144 Å². The molecule has 1 N–H and O–H groups in total. The maximum absolute atomic E-state index is 13.8. The molecule has 3 aromatic rings. The summed E-state index contributed by atoms with van der Waals surface area (Å²) in [4.78, 5) is -0.134. The number of rotatable bonds is 5. The van der Waals surface area contributed by atoms with Crippen molar-refractivity contribution in [3.63, 3.8) is 0 Å². The molecule has 6 nitrogen and oxygen atoms in total. The first-order chi connectivity index (χ1) is 11.9. The number of nitrogens with one attached hydrogen (secondary N) is 1. The number of sulfonamides is 1. The van der Waals surface area contributed by atoms with E-state index in [-0.39, 0.29) is 16.3 Å². The summed E-state index contributed by atoms with van der Waals surface area (Å²) in [6.07, 6.45) is 0. The molecule has 0 bridgehead atoms. The highest BCUT2D eigenvalue weighted by Gasteiger charge is 2.22. The van der Waals surface area contributed by atoms with Gasteiger partial charge in [0.1, 0.15) is 16.5 Å². The summed E-state index contributed by atoms with van der Waals surface area (Å²) in [5.74, 6) is -0.127. The van der Waals surface area contributed by atoms with Crippen LogP contribution in [0.15, 0.2) is 57.9 Å². The lowest BCUT2D eigenvalue weighted by Gasteiger charge is -2.13. The van der Waals surface area contributed by atoms with E-state index >= 15 is 0 Å². The predicted octanol–water partition coefficient (Wildman–Crippen LogP) is 3.60. The molecule has 8 heteroatoms. The molecule has 3 rings (SSSR count). The van der Waals surface area contributed by atoms with E-state index in [2.05, 4.69) is 9.88 Å². The van der Waals surface area contributed by atoms with Crippen LogP contribution in [0.4, 0.5) is 10.1 Å². The third kappa shape index (κ3) is 3.48. The summed E-state index contributed by atoms with van der Waals surface area (Å²) < 4.78 is 51.8. The minimum Gasteiger partial charge on any atom is -0.495 e. The van der Waals surface area contributed by atoms with Crippen molar-refractivity contribution in [1.29, 1.82) is 0 Å². The Bertz CT molecular complexity index is 1010. The standard InChI is InChI=1S/C17H15FN2O4S/c1-11-9-16(24-19-11)12-7-8-15(23-2)17(10-12)25(21,22)20-14-6-4-3-5-13(14)18/h3-10,20H,1-2H3. The second-order valence-electron chi connectivity index (χ2n) is 5.28. The fourth-order valence-electron chi connectivity index (χ4n) is 2.28. The van der Waals surface area contributed by atoms with E-state index in [1.165, 1.54) is 43.5 Å². The Morgan fingerprint density at radius 3 is 2.56 bits per heavy atom. The van der Waals surface area contributed by atoms with Crippen molar-refractivity contribution < 1.29 is 22.1 Å². The largest absolute Gasteiger partial charge is 0.495 e. The van der Waals surface area contributed by atoms with Crippen molar-refractivity contribution in [2.75, 3.05) is 11.8 Å². The van der Waals surface area contributed by atoms with E-state index in [9.17, 15) is 12.8 Å². The van der Waals surface area contributed by atoms with Gasteiger partial charge in [0.15, 0.2) is 5.76 Å². The number of aryl methyl sites for hydroxylation is 1. The van der Waals surface area contributed by atoms with Crippen LogP contribution in [-0.4, -0.2) is 20.7 Å². The molecule has 0 fully saturated rings. The molecule has 0 radical (unpaired) electrons. The van der Waals surface area contributed by atoms with Crippen molar-refractivity contribution in [1.82, 2.24) is 5.16 Å². The van der Waals surface area contributed by atoms with Gasteiger partial charge < -0.3 is 9.26 Å². The van der Waals surface area contributed by atoms with E-state index in [1.807, 2.05) is 0 Å². The molecule has 2 aromatic carbocycles. The van der Waals surface area contributed by atoms with Crippen LogP contribution in [0.1, 0.15) is 5.69 Å². The van der Waals surface area contributed by atoms with E-state index in [0.29, 0.717) is 17.0 Å². The Kier molecular flexibility index (Phi) is 4.45. The zero-order valence-corrected chi connectivity index (χ0v) is 14.3. The highest BCUT2D eigenvalue weighted by molar-refractivity contribution is 7.92. The second-order valence-corrected chi connectivity index (χ2v) is 6.93. The number of methoxy groups -OCH3 is 1. The summed E-state index contributed by atoms with van der Waals surface area (Å²) in [6.45, 7) is 1.76. The fourth-order valence-corrected chi connectivity index (χ4v) is 3.55. The van der Waals surface area contributed by atoms with Crippen molar-refractivity contribution >= 4 is 15.7 Å². The molecule has 0 unspecified atom stereocenters. The van der Waals surface area contributed by atoms with E-state index in [0.717, 1.165) is 0 Å². The van der Waals surface area contributed by atoms with Gasteiger partial charge in [0.2, 0.25) is 0 Å². The zero-order valence-electron chi connectivity index (χ0n) is 13.5. The van der Waals surface area contributed by atoms with Gasteiger partial charge in [-0.3, -0.25) is 4.72 Å². The zero-order chi connectivity index (χ0) is 18.0. The lowest BCUT2D eigenvalue weighted by molar-refractivity contribution is 0.402. The molecule has 0 aliphatic rings. The number of hydrogen-bond acceptors (Lipinski definition) is 5. The molecule has 0 amide bonds. The molecular formula is C17H15FN2O4S. The number of anilines is 1. The maximum atomic E-state index is 13.8. The highest BCUT2D eigenvalue weighted by atomic mass is 32.2. The molecule has 25 heavy (non-hydrogen) atoms. The summed E-state index contributed by atoms with van der Waals surface area (Å²) in [5, 5.41) is 3.79. The van der Waals surface area contributed by atoms with Crippen LogP contribution < -0.4 is 9.46 Å². The van der Waals surface area contributed by atoms with Gasteiger partial charge in [-0.2, -0.15) is 0 Å². The Balaban J connectivity index is 2.06. The quantitative estimate of drug-likeness (QED) is 0.750. The smallest absolute Gasteiger partial charge is 0.265 e. The first-order valence-electron chi connectivity index (χ1n) is 7.30. The average Bonchev–Trinajstić information content (AvgIpc) is 3.02. The number of aromatic nitrogens is 1. The Morgan fingerprint density at radius 1 is 1.16 bits per heavy atom. The molecular weight excluding hydrogens is 347 g/mol. The number of halogens is 1. The van der Waals surface area contributed by atoms with Crippen LogP contribution in [0.25, 0.3) is 11.3 Å². The third-order valence-electron chi connectivity index (χ3n) is 3.48. The lowest BCUT2D eigenvalue weighted by atomic mass is 10.1. The summed E-state index contributed by atoms with van der Waals surface area (Å²) in [7, 11) is -2.72. The van der Waals surface area contributed by atoms with Crippen LogP contribution in [0.3, 0.4) is 0 Å². The predicted molar refractivity (Wildman–Crippen MR) is 90.4 cm³/mol. The SMILES string of the molecule is COc1ccc(-c2cc(C)no2)cc1S(=O)(=O)Nc1ccccc1F. The number of benzene rings is 2.